The molecule has 0 radical (unpaired) electrons. The predicted molar refractivity (Wildman–Crippen MR) is 72.3 cm³/mol. The lowest BCUT2D eigenvalue weighted by Gasteiger charge is -2.58. The van der Waals surface area contributed by atoms with Crippen LogP contribution in [0.2, 0.25) is 0 Å². The number of anilines is 1. The van der Waals surface area contributed by atoms with E-state index < -0.39 is 0 Å². The SMILES string of the molecule is CC(C)(c1noc(N)n1)C1C2CC3CC(C2)CC1C3. The Morgan fingerprint density at radius 1 is 1.05 bits per heavy atom. The molecule has 2 N–H and O–H groups in total. The molecule has 0 spiro atoms. The maximum atomic E-state index is 5.61. The van der Waals surface area contributed by atoms with Crippen LogP contribution in [0.15, 0.2) is 4.52 Å². The standard InChI is InChI=1S/C15H23N3O/c1-15(2,13-17-14(16)19-18-13)12-10-4-8-3-9(6-10)7-11(12)5-8/h8-12H,3-7H2,1-2H3,(H2,16,17,18). The van der Waals surface area contributed by atoms with Crippen molar-refractivity contribution in [1.82, 2.24) is 10.1 Å². The third-order valence-corrected chi connectivity index (χ3v) is 6.08. The number of aromatic nitrogens is 2. The summed E-state index contributed by atoms with van der Waals surface area (Å²) in [5.41, 5.74) is 5.60. The van der Waals surface area contributed by atoms with Gasteiger partial charge in [0.25, 0.3) is 0 Å². The predicted octanol–water partition coefficient (Wildman–Crippen LogP) is 3.00. The highest BCUT2D eigenvalue weighted by molar-refractivity contribution is 5.17. The molecule has 4 saturated carbocycles. The van der Waals surface area contributed by atoms with E-state index in [-0.39, 0.29) is 11.4 Å². The summed E-state index contributed by atoms with van der Waals surface area (Å²) >= 11 is 0. The molecule has 0 unspecified atom stereocenters. The molecule has 104 valence electrons. The van der Waals surface area contributed by atoms with Crippen molar-refractivity contribution in [2.45, 2.75) is 51.4 Å². The van der Waals surface area contributed by atoms with Crippen LogP contribution in [0.1, 0.15) is 51.8 Å². The fraction of sp³-hybridized carbons (Fsp3) is 0.867. The van der Waals surface area contributed by atoms with E-state index in [9.17, 15) is 0 Å². The zero-order valence-electron chi connectivity index (χ0n) is 11.8. The van der Waals surface area contributed by atoms with Gasteiger partial charge in [-0.15, -0.1) is 0 Å². The normalized spacial score (nSPS) is 40.8. The van der Waals surface area contributed by atoms with E-state index >= 15 is 0 Å². The Kier molecular flexibility index (Phi) is 2.31. The second-order valence-corrected chi connectivity index (χ2v) is 7.63. The van der Waals surface area contributed by atoms with Crippen LogP contribution >= 0.6 is 0 Å². The average molecular weight is 261 g/mol. The van der Waals surface area contributed by atoms with Gasteiger partial charge < -0.3 is 10.3 Å². The second kappa shape index (κ2) is 3.74. The average Bonchev–Trinajstić information content (AvgIpc) is 2.74. The quantitative estimate of drug-likeness (QED) is 0.888. The molecule has 1 heterocycles. The van der Waals surface area contributed by atoms with E-state index in [0.29, 0.717) is 5.92 Å². The molecule has 4 aliphatic carbocycles. The molecular weight excluding hydrogens is 238 g/mol. The van der Waals surface area contributed by atoms with Crippen LogP contribution in [0.5, 0.6) is 0 Å². The van der Waals surface area contributed by atoms with Crippen LogP contribution in [0.3, 0.4) is 0 Å². The topological polar surface area (TPSA) is 64.9 Å². The Bertz CT molecular complexity index is 465. The first-order chi connectivity index (χ1) is 9.04. The molecule has 4 heteroatoms. The van der Waals surface area contributed by atoms with Gasteiger partial charge in [0.15, 0.2) is 5.82 Å². The summed E-state index contributed by atoms with van der Waals surface area (Å²) in [4.78, 5) is 4.32. The Hall–Kier alpha value is -1.06. The third kappa shape index (κ3) is 1.65. The fourth-order valence-corrected chi connectivity index (χ4v) is 5.75. The highest BCUT2D eigenvalue weighted by Gasteiger charge is 2.54. The number of hydrogen-bond acceptors (Lipinski definition) is 4. The van der Waals surface area contributed by atoms with Gasteiger partial charge in [0, 0.05) is 5.41 Å². The van der Waals surface area contributed by atoms with Crippen molar-refractivity contribution in [3.05, 3.63) is 5.82 Å². The fourth-order valence-electron chi connectivity index (χ4n) is 5.75. The van der Waals surface area contributed by atoms with Gasteiger partial charge >= 0.3 is 6.01 Å². The molecule has 4 aliphatic rings. The maximum Gasteiger partial charge on any atom is 0.318 e. The van der Waals surface area contributed by atoms with Crippen molar-refractivity contribution in [2.24, 2.45) is 29.6 Å². The second-order valence-electron chi connectivity index (χ2n) is 7.63. The monoisotopic (exact) mass is 261 g/mol. The van der Waals surface area contributed by atoms with Crippen LogP contribution in [0.4, 0.5) is 6.01 Å². The van der Waals surface area contributed by atoms with E-state index in [2.05, 4.69) is 24.0 Å². The van der Waals surface area contributed by atoms with E-state index in [1.807, 2.05) is 0 Å². The van der Waals surface area contributed by atoms with Crippen LogP contribution in [-0.4, -0.2) is 10.1 Å². The minimum absolute atomic E-state index is 0.0102. The van der Waals surface area contributed by atoms with Crippen molar-refractivity contribution < 1.29 is 4.52 Å². The Balaban J connectivity index is 1.68. The summed E-state index contributed by atoms with van der Waals surface area (Å²) in [6.07, 6.45) is 7.20. The van der Waals surface area contributed by atoms with Crippen molar-refractivity contribution in [3.8, 4) is 0 Å². The van der Waals surface area contributed by atoms with Crippen LogP contribution in [0, 0.1) is 29.6 Å². The van der Waals surface area contributed by atoms with Crippen molar-refractivity contribution in [2.75, 3.05) is 5.73 Å². The molecule has 19 heavy (non-hydrogen) atoms. The molecule has 5 rings (SSSR count). The largest absolute Gasteiger partial charge is 0.351 e. The van der Waals surface area contributed by atoms with Gasteiger partial charge in [-0.25, -0.2) is 0 Å². The lowest BCUT2D eigenvalue weighted by Crippen LogP contribution is -2.51. The van der Waals surface area contributed by atoms with Crippen LogP contribution < -0.4 is 5.73 Å². The molecule has 1 aromatic heterocycles. The highest BCUT2D eigenvalue weighted by Crippen LogP contribution is 2.60. The number of hydrogen-bond donors (Lipinski definition) is 1. The molecule has 4 bridgehead atoms. The Morgan fingerprint density at radius 3 is 2.11 bits per heavy atom. The summed E-state index contributed by atoms with van der Waals surface area (Å²) < 4.78 is 5.01. The van der Waals surface area contributed by atoms with Gasteiger partial charge in [-0.3, -0.25) is 0 Å². The zero-order valence-corrected chi connectivity index (χ0v) is 11.8. The molecule has 4 fully saturated rings. The van der Waals surface area contributed by atoms with Crippen molar-refractivity contribution in [1.29, 1.82) is 0 Å². The summed E-state index contributed by atoms with van der Waals surface area (Å²) in [5.74, 6) is 5.26. The lowest BCUT2D eigenvalue weighted by molar-refractivity contribution is -0.0670. The molecule has 0 amide bonds. The minimum atomic E-state index is -0.0102. The smallest absolute Gasteiger partial charge is 0.318 e. The molecule has 4 nitrogen and oxygen atoms in total. The molecule has 0 aromatic carbocycles. The Morgan fingerprint density at radius 2 is 1.63 bits per heavy atom. The highest BCUT2D eigenvalue weighted by atomic mass is 16.5. The molecule has 0 aliphatic heterocycles. The third-order valence-electron chi connectivity index (χ3n) is 6.08. The molecule has 0 atom stereocenters. The van der Waals surface area contributed by atoms with Gasteiger partial charge in [0.05, 0.1) is 0 Å². The van der Waals surface area contributed by atoms with Crippen LogP contribution in [0.25, 0.3) is 0 Å². The first kappa shape index (κ1) is 11.7. The molecule has 1 aromatic rings. The van der Waals surface area contributed by atoms with Gasteiger partial charge in [-0.05, 0) is 61.7 Å². The van der Waals surface area contributed by atoms with Gasteiger partial charge in [0.1, 0.15) is 0 Å². The number of nitrogens with two attached hydrogens (primary N) is 1. The first-order valence-electron chi connectivity index (χ1n) is 7.63. The van der Waals surface area contributed by atoms with Crippen molar-refractivity contribution in [3.63, 3.8) is 0 Å². The number of nitrogen functional groups attached to an aromatic ring is 1. The summed E-state index contributed by atoms with van der Waals surface area (Å²) in [6.45, 7) is 4.56. The van der Waals surface area contributed by atoms with Gasteiger partial charge in [-0.1, -0.05) is 19.0 Å². The van der Waals surface area contributed by atoms with Crippen molar-refractivity contribution >= 4 is 6.01 Å². The lowest BCUT2D eigenvalue weighted by atomic mass is 9.47. The number of rotatable bonds is 2. The maximum absolute atomic E-state index is 5.61. The number of nitrogens with zero attached hydrogens (tertiary/aromatic N) is 2. The molecular formula is C15H23N3O. The summed E-state index contributed by atoms with van der Waals surface area (Å²) in [5, 5.41) is 4.11. The van der Waals surface area contributed by atoms with Gasteiger partial charge in [0.2, 0.25) is 0 Å². The van der Waals surface area contributed by atoms with E-state index in [4.69, 9.17) is 10.3 Å². The Labute approximate surface area is 114 Å². The minimum Gasteiger partial charge on any atom is -0.351 e. The van der Waals surface area contributed by atoms with Crippen LogP contribution in [-0.2, 0) is 5.41 Å². The first-order valence-corrected chi connectivity index (χ1v) is 7.63. The molecule has 0 saturated heterocycles. The van der Waals surface area contributed by atoms with E-state index in [1.54, 1.807) is 0 Å². The zero-order chi connectivity index (χ0) is 13.2. The van der Waals surface area contributed by atoms with E-state index in [0.717, 1.165) is 29.5 Å². The van der Waals surface area contributed by atoms with Gasteiger partial charge in [-0.2, -0.15) is 4.98 Å². The van der Waals surface area contributed by atoms with E-state index in [1.165, 1.54) is 32.1 Å². The summed E-state index contributed by atoms with van der Waals surface area (Å²) in [6, 6.07) is 0.201. The summed E-state index contributed by atoms with van der Waals surface area (Å²) in [7, 11) is 0.